The average Bonchev–Trinajstić information content (AvgIpc) is 2.54. The monoisotopic (exact) mass is 320 g/mol. The Balaban J connectivity index is 1.99. The molecular weight excluding hydrogens is 300 g/mol. The molecule has 2 amide bonds. The van der Waals surface area contributed by atoms with Crippen molar-refractivity contribution in [2.75, 3.05) is 31.5 Å². The highest BCUT2D eigenvalue weighted by Crippen LogP contribution is 2.23. The van der Waals surface area contributed by atoms with Crippen LogP contribution in [0.4, 0.5) is 11.4 Å². The summed E-state index contributed by atoms with van der Waals surface area (Å²) in [5.41, 5.74) is 0.0613. The van der Waals surface area contributed by atoms with Gasteiger partial charge in [0.05, 0.1) is 11.0 Å². The molecule has 0 aliphatic carbocycles. The fourth-order valence-corrected chi connectivity index (χ4v) is 2.57. The van der Waals surface area contributed by atoms with Crippen molar-refractivity contribution < 1.29 is 14.5 Å². The number of carbonyl (C=O) groups excluding carboxylic acids is 2. The van der Waals surface area contributed by atoms with Crippen LogP contribution in [0, 0.1) is 10.1 Å². The zero-order valence-electron chi connectivity index (χ0n) is 13.2. The van der Waals surface area contributed by atoms with Crippen LogP contribution in [-0.4, -0.2) is 58.8 Å². The van der Waals surface area contributed by atoms with Gasteiger partial charge in [0, 0.05) is 39.2 Å². The van der Waals surface area contributed by atoms with E-state index in [1.165, 1.54) is 19.1 Å². The summed E-state index contributed by atoms with van der Waals surface area (Å²) >= 11 is 0. The van der Waals surface area contributed by atoms with E-state index in [2.05, 4.69) is 5.32 Å². The quantitative estimate of drug-likeness (QED) is 0.661. The molecule has 1 N–H and O–H groups in total. The highest BCUT2D eigenvalue weighted by molar-refractivity contribution is 5.96. The zero-order chi connectivity index (χ0) is 17.0. The van der Waals surface area contributed by atoms with Crippen LogP contribution in [0.25, 0.3) is 0 Å². The fraction of sp³-hybridized carbons (Fsp3) is 0.467. The smallest absolute Gasteiger partial charge is 0.292 e. The van der Waals surface area contributed by atoms with Gasteiger partial charge < -0.3 is 10.2 Å². The Bertz CT molecular complexity index is 611. The van der Waals surface area contributed by atoms with E-state index in [4.69, 9.17) is 0 Å². The van der Waals surface area contributed by atoms with Crippen LogP contribution in [0.1, 0.15) is 13.8 Å². The Hall–Kier alpha value is -2.48. The van der Waals surface area contributed by atoms with E-state index < -0.39 is 11.0 Å². The SMILES string of the molecule is CC(=O)N1CCN(C(C)C(=O)Nc2ccccc2[N+](=O)[O-])CC1. The number of piperazine rings is 1. The summed E-state index contributed by atoms with van der Waals surface area (Å²) in [5, 5.41) is 13.6. The van der Waals surface area contributed by atoms with E-state index in [1.54, 1.807) is 24.0 Å². The summed E-state index contributed by atoms with van der Waals surface area (Å²) in [6.45, 7) is 5.65. The Morgan fingerprint density at radius 2 is 1.83 bits per heavy atom. The molecule has 1 aromatic carbocycles. The minimum absolute atomic E-state index is 0.0293. The van der Waals surface area contributed by atoms with Gasteiger partial charge in [-0.05, 0) is 13.0 Å². The van der Waals surface area contributed by atoms with Crippen molar-refractivity contribution >= 4 is 23.2 Å². The third-order valence-corrected chi connectivity index (χ3v) is 4.05. The molecule has 1 fully saturated rings. The second-order valence-electron chi connectivity index (χ2n) is 5.48. The third kappa shape index (κ3) is 4.04. The maximum absolute atomic E-state index is 12.3. The molecule has 124 valence electrons. The summed E-state index contributed by atoms with van der Waals surface area (Å²) in [6, 6.07) is 5.63. The summed E-state index contributed by atoms with van der Waals surface area (Å²) in [4.78, 5) is 37.8. The molecule has 2 rings (SSSR count). The number of nitro groups is 1. The van der Waals surface area contributed by atoms with Gasteiger partial charge in [0.15, 0.2) is 0 Å². The van der Waals surface area contributed by atoms with Gasteiger partial charge in [-0.25, -0.2) is 0 Å². The molecular formula is C15H20N4O4. The Morgan fingerprint density at radius 3 is 2.39 bits per heavy atom. The number of anilines is 1. The summed E-state index contributed by atoms with van der Waals surface area (Å²) in [5.74, 6) is -0.266. The molecule has 0 bridgehead atoms. The van der Waals surface area contributed by atoms with Crippen molar-refractivity contribution in [1.82, 2.24) is 9.80 Å². The van der Waals surface area contributed by atoms with E-state index >= 15 is 0 Å². The molecule has 1 saturated heterocycles. The third-order valence-electron chi connectivity index (χ3n) is 4.05. The Morgan fingerprint density at radius 1 is 1.22 bits per heavy atom. The normalized spacial score (nSPS) is 16.7. The topological polar surface area (TPSA) is 95.8 Å². The number of amides is 2. The molecule has 0 spiro atoms. The first-order valence-electron chi connectivity index (χ1n) is 7.44. The lowest BCUT2D eigenvalue weighted by atomic mass is 10.2. The zero-order valence-corrected chi connectivity index (χ0v) is 13.2. The standard InChI is InChI=1S/C15H20N4O4/c1-11(17-7-9-18(10-8-17)12(2)20)15(21)16-13-5-3-4-6-14(13)19(22)23/h3-6,11H,7-10H2,1-2H3,(H,16,21). The van der Waals surface area contributed by atoms with Gasteiger partial charge in [-0.1, -0.05) is 12.1 Å². The van der Waals surface area contributed by atoms with Crippen molar-refractivity contribution in [2.45, 2.75) is 19.9 Å². The minimum atomic E-state index is -0.522. The number of nitrogens with zero attached hydrogens (tertiary/aromatic N) is 3. The van der Waals surface area contributed by atoms with Crippen LogP contribution in [0.3, 0.4) is 0 Å². The number of para-hydroxylation sites is 2. The van der Waals surface area contributed by atoms with Crippen molar-refractivity contribution in [3.63, 3.8) is 0 Å². The number of benzene rings is 1. The van der Waals surface area contributed by atoms with Gasteiger partial charge in [-0.3, -0.25) is 24.6 Å². The Labute approximate surface area is 134 Å². The minimum Gasteiger partial charge on any atom is -0.340 e. The molecule has 0 saturated carbocycles. The van der Waals surface area contributed by atoms with Crippen molar-refractivity contribution in [3.8, 4) is 0 Å². The Kier molecular flexibility index (Phi) is 5.28. The van der Waals surface area contributed by atoms with Crippen molar-refractivity contribution in [1.29, 1.82) is 0 Å². The lowest BCUT2D eigenvalue weighted by molar-refractivity contribution is -0.383. The maximum Gasteiger partial charge on any atom is 0.292 e. The number of nitro benzene ring substituents is 1. The molecule has 23 heavy (non-hydrogen) atoms. The lowest BCUT2D eigenvalue weighted by Gasteiger charge is -2.36. The van der Waals surface area contributed by atoms with E-state index in [0.717, 1.165) is 0 Å². The van der Waals surface area contributed by atoms with Gasteiger partial charge in [0.1, 0.15) is 5.69 Å². The van der Waals surface area contributed by atoms with E-state index in [1.807, 2.05) is 4.90 Å². The average molecular weight is 320 g/mol. The van der Waals surface area contributed by atoms with Crippen LogP contribution in [-0.2, 0) is 9.59 Å². The van der Waals surface area contributed by atoms with E-state index in [9.17, 15) is 19.7 Å². The molecule has 1 aliphatic rings. The van der Waals surface area contributed by atoms with Gasteiger partial charge >= 0.3 is 0 Å². The van der Waals surface area contributed by atoms with Crippen LogP contribution in [0.15, 0.2) is 24.3 Å². The molecule has 0 radical (unpaired) electrons. The predicted molar refractivity (Wildman–Crippen MR) is 85.0 cm³/mol. The second-order valence-corrected chi connectivity index (χ2v) is 5.48. The molecule has 1 aliphatic heterocycles. The van der Waals surface area contributed by atoms with Crippen molar-refractivity contribution in [3.05, 3.63) is 34.4 Å². The first-order valence-corrected chi connectivity index (χ1v) is 7.44. The predicted octanol–water partition coefficient (Wildman–Crippen LogP) is 1.09. The number of carbonyl (C=O) groups is 2. The first-order chi connectivity index (χ1) is 10.9. The second kappa shape index (κ2) is 7.19. The van der Waals surface area contributed by atoms with Crippen molar-refractivity contribution in [2.24, 2.45) is 0 Å². The summed E-state index contributed by atoms with van der Waals surface area (Å²) in [7, 11) is 0. The maximum atomic E-state index is 12.3. The summed E-state index contributed by atoms with van der Waals surface area (Å²) in [6.07, 6.45) is 0. The van der Waals surface area contributed by atoms with Gasteiger partial charge in [0.25, 0.3) is 5.69 Å². The number of nitrogens with one attached hydrogen (secondary N) is 1. The van der Waals surface area contributed by atoms with E-state index in [0.29, 0.717) is 26.2 Å². The van der Waals surface area contributed by atoms with Crippen LogP contribution < -0.4 is 5.32 Å². The number of hydrogen-bond donors (Lipinski definition) is 1. The lowest BCUT2D eigenvalue weighted by Crippen LogP contribution is -2.53. The largest absolute Gasteiger partial charge is 0.340 e. The molecule has 8 heteroatoms. The van der Waals surface area contributed by atoms with Crippen LogP contribution in [0.5, 0.6) is 0 Å². The first kappa shape index (κ1) is 16.9. The fourth-order valence-electron chi connectivity index (χ4n) is 2.57. The van der Waals surface area contributed by atoms with Crippen LogP contribution in [0.2, 0.25) is 0 Å². The van der Waals surface area contributed by atoms with Gasteiger partial charge in [0.2, 0.25) is 11.8 Å². The highest BCUT2D eigenvalue weighted by Gasteiger charge is 2.27. The summed E-state index contributed by atoms with van der Waals surface area (Å²) < 4.78 is 0. The molecule has 1 unspecified atom stereocenters. The molecule has 1 aromatic rings. The van der Waals surface area contributed by atoms with Gasteiger partial charge in [-0.15, -0.1) is 0 Å². The molecule has 1 heterocycles. The number of hydrogen-bond acceptors (Lipinski definition) is 5. The van der Waals surface area contributed by atoms with E-state index in [-0.39, 0.29) is 23.2 Å². The molecule has 1 atom stereocenters. The number of rotatable bonds is 4. The molecule has 0 aromatic heterocycles. The molecule has 8 nitrogen and oxygen atoms in total. The van der Waals surface area contributed by atoms with Gasteiger partial charge in [-0.2, -0.15) is 0 Å². The highest BCUT2D eigenvalue weighted by atomic mass is 16.6. The van der Waals surface area contributed by atoms with Crippen LogP contribution >= 0.6 is 0 Å².